The monoisotopic (exact) mass is 385 g/mol. The molecule has 0 aliphatic rings. The molecule has 1 amide bonds. The van der Waals surface area contributed by atoms with Crippen LogP contribution in [0, 0.1) is 6.92 Å². The van der Waals surface area contributed by atoms with Crippen molar-refractivity contribution < 1.29 is 4.79 Å². The van der Waals surface area contributed by atoms with Gasteiger partial charge >= 0.3 is 0 Å². The van der Waals surface area contributed by atoms with Crippen LogP contribution in [0.4, 0.5) is 5.69 Å². The Labute approximate surface area is 161 Å². The summed E-state index contributed by atoms with van der Waals surface area (Å²) in [5.41, 5.74) is 8.75. The van der Waals surface area contributed by atoms with Gasteiger partial charge in [-0.3, -0.25) is 9.79 Å². The van der Waals surface area contributed by atoms with Crippen molar-refractivity contribution in [1.29, 1.82) is 0 Å². The average molecular weight is 386 g/mol. The van der Waals surface area contributed by atoms with Gasteiger partial charge in [0.1, 0.15) is 10.7 Å². The summed E-state index contributed by atoms with van der Waals surface area (Å²) in [5.74, 6) is 0.266. The molecule has 0 radical (unpaired) electrons. The number of benzene rings is 2. The predicted molar refractivity (Wildman–Crippen MR) is 112 cm³/mol. The summed E-state index contributed by atoms with van der Waals surface area (Å²) in [7, 11) is 0. The summed E-state index contributed by atoms with van der Waals surface area (Å²) in [6.07, 6.45) is 0. The molecule has 3 aromatic rings. The van der Waals surface area contributed by atoms with Crippen molar-refractivity contribution in [2.45, 2.75) is 26.8 Å². The van der Waals surface area contributed by atoms with E-state index in [1.54, 1.807) is 0 Å². The molecule has 0 saturated carbocycles. The molecule has 6 heteroatoms. The maximum atomic E-state index is 12.6. The van der Waals surface area contributed by atoms with Gasteiger partial charge in [-0.1, -0.05) is 41.4 Å². The molecule has 1 aromatic heterocycles. The summed E-state index contributed by atoms with van der Waals surface area (Å²) < 4.78 is 0.906. The third kappa shape index (κ3) is 3.89. The van der Waals surface area contributed by atoms with Crippen molar-refractivity contribution in [3.8, 4) is 0 Å². The normalized spacial score (nSPS) is 12.0. The fraction of sp³-hybridized carbons (Fsp3) is 0.200. The molecule has 0 saturated heterocycles. The first kappa shape index (κ1) is 18.4. The molecule has 3 N–H and O–H groups in total. The van der Waals surface area contributed by atoms with Crippen molar-refractivity contribution in [2.75, 3.05) is 5.32 Å². The molecular weight excluding hydrogens is 366 g/mol. The maximum Gasteiger partial charge on any atom is 0.267 e. The highest BCUT2D eigenvalue weighted by atomic mass is 35.5. The lowest BCUT2D eigenvalue weighted by atomic mass is 10.1. The van der Waals surface area contributed by atoms with Crippen LogP contribution in [0.3, 0.4) is 0 Å². The fourth-order valence-corrected chi connectivity index (χ4v) is 4.00. The summed E-state index contributed by atoms with van der Waals surface area (Å²) in [6.45, 7) is 5.95. The topological polar surface area (TPSA) is 67.5 Å². The minimum absolute atomic E-state index is 0.119. The number of nitrogens with one attached hydrogen (secondary N) is 1. The standard InChI is InChI=1S/C20H20ClN3OS/c1-11(2)23-19(22)13-6-9-15-16(10-13)26-18(17(15)21)20(25)24-14-7-4-12(3)5-8-14/h4-11H,1-3H3,(H2,22,23)(H,24,25). The summed E-state index contributed by atoms with van der Waals surface area (Å²) in [4.78, 5) is 17.5. The molecule has 0 aliphatic heterocycles. The second-order valence-electron chi connectivity index (χ2n) is 6.38. The predicted octanol–water partition coefficient (Wildman–Crippen LogP) is 5.23. The lowest BCUT2D eigenvalue weighted by Crippen LogP contribution is -2.15. The molecule has 0 bridgehead atoms. The van der Waals surface area contributed by atoms with Crippen molar-refractivity contribution in [3.63, 3.8) is 0 Å². The zero-order chi connectivity index (χ0) is 18.8. The molecule has 0 spiro atoms. The number of aryl methyl sites for hydroxylation is 1. The van der Waals surface area contributed by atoms with Gasteiger partial charge in [0.15, 0.2) is 0 Å². The number of rotatable bonds is 4. The van der Waals surface area contributed by atoms with E-state index in [1.807, 2.05) is 63.2 Å². The van der Waals surface area contributed by atoms with Crippen molar-refractivity contribution >= 4 is 50.5 Å². The number of nitrogens with zero attached hydrogens (tertiary/aromatic N) is 1. The van der Waals surface area contributed by atoms with Crippen LogP contribution in [0.1, 0.15) is 34.6 Å². The largest absolute Gasteiger partial charge is 0.383 e. The second-order valence-corrected chi connectivity index (χ2v) is 7.81. The number of nitrogens with two attached hydrogens (primary N) is 1. The summed E-state index contributed by atoms with van der Waals surface area (Å²) in [5, 5.41) is 4.19. The van der Waals surface area contributed by atoms with Gasteiger partial charge in [-0.05, 0) is 39.0 Å². The van der Waals surface area contributed by atoms with E-state index < -0.39 is 0 Å². The van der Waals surface area contributed by atoms with E-state index >= 15 is 0 Å². The lowest BCUT2D eigenvalue weighted by Gasteiger charge is -2.04. The van der Waals surface area contributed by atoms with Crippen LogP contribution in [-0.4, -0.2) is 17.8 Å². The highest BCUT2D eigenvalue weighted by Crippen LogP contribution is 2.36. The van der Waals surface area contributed by atoms with E-state index in [-0.39, 0.29) is 11.9 Å². The number of hydrogen-bond acceptors (Lipinski definition) is 3. The third-order valence-electron chi connectivity index (χ3n) is 3.84. The molecular formula is C20H20ClN3OS. The van der Waals surface area contributed by atoms with E-state index in [0.717, 1.165) is 26.9 Å². The van der Waals surface area contributed by atoms with Crippen molar-refractivity contribution in [2.24, 2.45) is 10.7 Å². The summed E-state index contributed by atoms with van der Waals surface area (Å²) in [6, 6.07) is 13.4. The molecule has 0 atom stereocenters. The number of amides is 1. The number of aliphatic imine (C=N–C) groups is 1. The Hall–Kier alpha value is -2.37. The first-order chi connectivity index (χ1) is 12.3. The quantitative estimate of drug-likeness (QED) is 0.477. The zero-order valence-corrected chi connectivity index (χ0v) is 16.4. The van der Waals surface area contributed by atoms with Gasteiger partial charge in [-0.2, -0.15) is 0 Å². The van der Waals surface area contributed by atoms with Crippen LogP contribution in [0.25, 0.3) is 10.1 Å². The molecule has 0 unspecified atom stereocenters. The van der Waals surface area contributed by atoms with Gasteiger partial charge in [0.2, 0.25) is 0 Å². The number of carbonyl (C=O) groups excluding carboxylic acids is 1. The Morgan fingerprint density at radius 1 is 1.19 bits per heavy atom. The van der Waals surface area contributed by atoms with E-state index in [9.17, 15) is 4.79 Å². The fourth-order valence-electron chi connectivity index (χ4n) is 2.55. The van der Waals surface area contributed by atoms with E-state index in [1.165, 1.54) is 11.3 Å². The number of anilines is 1. The van der Waals surface area contributed by atoms with Crippen LogP contribution in [0.5, 0.6) is 0 Å². The molecule has 2 aromatic carbocycles. The second kappa shape index (κ2) is 7.48. The number of hydrogen-bond donors (Lipinski definition) is 2. The highest BCUT2D eigenvalue weighted by Gasteiger charge is 2.18. The minimum Gasteiger partial charge on any atom is -0.383 e. The van der Waals surface area contributed by atoms with Crippen LogP contribution < -0.4 is 11.1 Å². The van der Waals surface area contributed by atoms with Crippen LogP contribution in [0.15, 0.2) is 47.5 Å². The number of halogens is 1. The minimum atomic E-state index is -0.217. The average Bonchev–Trinajstić information content (AvgIpc) is 2.93. The smallest absolute Gasteiger partial charge is 0.267 e. The van der Waals surface area contributed by atoms with Gasteiger partial charge in [0, 0.05) is 27.4 Å². The van der Waals surface area contributed by atoms with Gasteiger partial charge < -0.3 is 11.1 Å². The molecule has 4 nitrogen and oxygen atoms in total. The first-order valence-electron chi connectivity index (χ1n) is 8.29. The SMILES string of the molecule is Cc1ccc(NC(=O)c2sc3cc(C(N)=NC(C)C)ccc3c2Cl)cc1. The van der Waals surface area contributed by atoms with Gasteiger partial charge in [-0.15, -0.1) is 11.3 Å². The van der Waals surface area contributed by atoms with E-state index in [4.69, 9.17) is 17.3 Å². The molecule has 0 aliphatic carbocycles. The van der Waals surface area contributed by atoms with Gasteiger partial charge in [0.25, 0.3) is 5.91 Å². The van der Waals surface area contributed by atoms with Crippen molar-refractivity contribution in [1.82, 2.24) is 0 Å². The maximum absolute atomic E-state index is 12.6. The Morgan fingerprint density at radius 2 is 1.88 bits per heavy atom. The molecule has 0 fully saturated rings. The Bertz CT molecular complexity index is 990. The third-order valence-corrected chi connectivity index (χ3v) is 5.49. The number of thiophene rings is 1. The Morgan fingerprint density at radius 3 is 2.54 bits per heavy atom. The Kier molecular flexibility index (Phi) is 5.30. The number of amidine groups is 1. The molecule has 26 heavy (non-hydrogen) atoms. The van der Waals surface area contributed by atoms with Gasteiger partial charge in [-0.25, -0.2) is 0 Å². The van der Waals surface area contributed by atoms with Crippen LogP contribution >= 0.6 is 22.9 Å². The highest BCUT2D eigenvalue weighted by molar-refractivity contribution is 7.21. The Balaban J connectivity index is 1.93. The van der Waals surface area contributed by atoms with E-state index in [0.29, 0.717) is 15.7 Å². The number of carbonyl (C=O) groups is 1. The molecule has 134 valence electrons. The van der Waals surface area contributed by atoms with Crippen LogP contribution in [-0.2, 0) is 0 Å². The van der Waals surface area contributed by atoms with Crippen LogP contribution in [0.2, 0.25) is 5.02 Å². The number of fused-ring (bicyclic) bond motifs is 1. The molecule has 3 rings (SSSR count). The molecule has 1 heterocycles. The van der Waals surface area contributed by atoms with Gasteiger partial charge in [0.05, 0.1) is 5.02 Å². The summed E-state index contributed by atoms with van der Waals surface area (Å²) >= 11 is 7.80. The lowest BCUT2D eigenvalue weighted by molar-refractivity contribution is 0.103. The van der Waals surface area contributed by atoms with E-state index in [2.05, 4.69) is 10.3 Å². The van der Waals surface area contributed by atoms with Crippen molar-refractivity contribution in [3.05, 3.63) is 63.5 Å². The first-order valence-corrected chi connectivity index (χ1v) is 9.48. The zero-order valence-electron chi connectivity index (χ0n) is 14.8.